The molecule has 6 rings (SSSR count). The van der Waals surface area contributed by atoms with Crippen molar-refractivity contribution in [1.29, 1.82) is 0 Å². The van der Waals surface area contributed by atoms with Crippen LogP contribution in [0.4, 0.5) is 0 Å². The molecule has 0 radical (unpaired) electrons. The van der Waals surface area contributed by atoms with Crippen LogP contribution in [0.2, 0.25) is 0 Å². The fourth-order valence-corrected chi connectivity index (χ4v) is 5.38. The van der Waals surface area contributed by atoms with Crippen molar-refractivity contribution < 1.29 is 0 Å². The van der Waals surface area contributed by atoms with Crippen LogP contribution in [-0.4, -0.2) is 10.6 Å². The van der Waals surface area contributed by atoms with Crippen molar-refractivity contribution >= 4 is 21.8 Å². The van der Waals surface area contributed by atoms with Crippen LogP contribution in [0.5, 0.6) is 0 Å². The monoisotopic (exact) mass is 438 g/mol. The minimum Gasteiger partial charge on any atom is -0.309 e. The third kappa shape index (κ3) is 3.00. The van der Waals surface area contributed by atoms with Gasteiger partial charge in [-0.25, -0.2) is 0 Å². The zero-order valence-corrected chi connectivity index (χ0v) is 19.0. The quantitative estimate of drug-likeness (QED) is 0.219. The first kappa shape index (κ1) is 20.5. The smallest absolute Gasteiger partial charge is 0.0894 e. The Balaban J connectivity index is 1.49. The van der Waals surface area contributed by atoms with Crippen molar-refractivity contribution in [3.8, 4) is 5.69 Å². The summed E-state index contributed by atoms with van der Waals surface area (Å²) in [5, 5.41) is 6.32. The lowest BCUT2D eigenvalue weighted by Crippen LogP contribution is -2.17. The summed E-state index contributed by atoms with van der Waals surface area (Å²) in [6.45, 7) is 7.93. The predicted molar refractivity (Wildman–Crippen MR) is 143 cm³/mol. The minimum absolute atomic E-state index is 0.157. The summed E-state index contributed by atoms with van der Waals surface area (Å²) < 4.78 is 2.36. The number of nitrogens with zero attached hydrogens (tertiary/aromatic N) is 1. The van der Waals surface area contributed by atoms with Gasteiger partial charge >= 0.3 is 0 Å². The van der Waals surface area contributed by atoms with E-state index in [1.165, 1.54) is 32.9 Å². The van der Waals surface area contributed by atoms with Gasteiger partial charge in [0.15, 0.2) is 0 Å². The highest BCUT2D eigenvalue weighted by molar-refractivity contribution is 6.09. The van der Waals surface area contributed by atoms with Crippen LogP contribution in [0, 0.1) is 0 Å². The maximum absolute atomic E-state index is 4.04. The first-order valence-corrected chi connectivity index (χ1v) is 11.7. The molecule has 1 aliphatic rings. The van der Waals surface area contributed by atoms with E-state index in [1.807, 2.05) is 18.2 Å². The van der Waals surface area contributed by atoms with E-state index >= 15 is 0 Å². The summed E-state index contributed by atoms with van der Waals surface area (Å²) in [7, 11) is 0. The molecule has 1 N–H and O–H groups in total. The van der Waals surface area contributed by atoms with Crippen LogP contribution >= 0.6 is 0 Å². The van der Waals surface area contributed by atoms with Gasteiger partial charge in [0.2, 0.25) is 0 Å². The van der Waals surface area contributed by atoms with Crippen LogP contribution in [-0.2, 0) is 5.54 Å². The number of allylic oxidation sites excluding steroid dienone is 2. The second kappa shape index (κ2) is 8.02. The van der Waals surface area contributed by atoms with E-state index in [9.17, 15) is 0 Å². The highest BCUT2D eigenvalue weighted by Crippen LogP contribution is 2.48. The number of aromatic nitrogens is 1. The molecule has 1 saturated heterocycles. The Hall–Kier alpha value is -4.14. The molecule has 2 unspecified atom stereocenters. The summed E-state index contributed by atoms with van der Waals surface area (Å²) in [6, 6.07) is 37.0. The average molecular weight is 439 g/mol. The molecule has 0 amide bonds. The van der Waals surface area contributed by atoms with Gasteiger partial charge in [-0.1, -0.05) is 110 Å². The van der Waals surface area contributed by atoms with Crippen LogP contribution in [0.1, 0.15) is 11.1 Å². The maximum atomic E-state index is 4.04. The van der Waals surface area contributed by atoms with E-state index in [0.29, 0.717) is 0 Å². The van der Waals surface area contributed by atoms with Crippen LogP contribution in [0.3, 0.4) is 0 Å². The highest BCUT2D eigenvalue weighted by Gasteiger charge is 2.57. The number of hydrogen-bond acceptors (Lipinski definition) is 1. The number of fused-ring (bicyclic) bond motifs is 3. The molecule has 0 bridgehead atoms. The largest absolute Gasteiger partial charge is 0.309 e. The number of benzene rings is 4. The summed E-state index contributed by atoms with van der Waals surface area (Å²) in [5.74, 6) is 0. The van der Waals surface area contributed by atoms with E-state index in [-0.39, 0.29) is 11.6 Å². The third-order valence-corrected chi connectivity index (χ3v) is 6.99. The molecular weight excluding hydrogens is 412 g/mol. The molecule has 2 atom stereocenters. The third-order valence-electron chi connectivity index (χ3n) is 6.99. The molecule has 4 aromatic carbocycles. The van der Waals surface area contributed by atoms with Gasteiger partial charge in [-0.05, 0) is 41.0 Å². The Labute approximate surface area is 200 Å². The van der Waals surface area contributed by atoms with Crippen molar-refractivity contribution in [2.24, 2.45) is 0 Å². The van der Waals surface area contributed by atoms with Crippen molar-refractivity contribution in [3.05, 3.63) is 151 Å². The molecular formula is C32H26N2. The number of hydrogen-bond donors (Lipinski definition) is 1. The zero-order valence-electron chi connectivity index (χ0n) is 19.0. The van der Waals surface area contributed by atoms with Gasteiger partial charge < -0.3 is 4.57 Å². The Bertz CT molecular complexity index is 1500. The Kier molecular flexibility index (Phi) is 4.83. The summed E-state index contributed by atoms with van der Waals surface area (Å²) in [4.78, 5) is 0. The lowest BCUT2D eigenvalue weighted by molar-refractivity contribution is 0.799. The second-order valence-electron chi connectivity index (χ2n) is 8.77. The SMILES string of the molecule is C=C/C=C(\C=C)C1NC1(c1ccccc1)c1ccc(-n2c3ccccc3c3ccccc32)cc1. The summed E-state index contributed by atoms with van der Waals surface area (Å²) in [6.07, 6.45) is 5.80. The second-order valence-corrected chi connectivity index (χ2v) is 8.77. The van der Waals surface area contributed by atoms with E-state index < -0.39 is 0 Å². The Morgan fingerprint density at radius 2 is 1.26 bits per heavy atom. The van der Waals surface area contributed by atoms with E-state index in [2.05, 4.69) is 126 Å². The van der Waals surface area contributed by atoms with Gasteiger partial charge in [-0.2, -0.15) is 0 Å². The maximum Gasteiger partial charge on any atom is 0.0894 e. The van der Waals surface area contributed by atoms with Gasteiger partial charge in [0.25, 0.3) is 0 Å². The molecule has 5 aromatic rings. The van der Waals surface area contributed by atoms with Crippen LogP contribution in [0.25, 0.3) is 27.5 Å². The first-order chi connectivity index (χ1) is 16.8. The first-order valence-electron chi connectivity index (χ1n) is 11.7. The lowest BCUT2D eigenvalue weighted by Gasteiger charge is -2.18. The fraction of sp³-hybridized carbons (Fsp3) is 0.0625. The van der Waals surface area contributed by atoms with Crippen molar-refractivity contribution in [2.45, 2.75) is 11.6 Å². The zero-order chi connectivity index (χ0) is 23.1. The minimum atomic E-state index is -0.274. The molecule has 164 valence electrons. The average Bonchev–Trinajstić information content (AvgIpc) is 3.57. The van der Waals surface area contributed by atoms with Gasteiger partial charge in [-0.15, -0.1) is 0 Å². The van der Waals surface area contributed by atoms with Crippen molar-refractivity contribution in [3.63, 3.8) is 0 Å². The molecule has 2 heterocycles. The van der Waals surface area contributed by atoms with Crippen LogP contribution in [0.15, 0.2) is 140 Å². The molecule has 1 aromatic heterocycles. The van der Waals surface area contributed by atoms with Crippen LogP contribution < -0.4 is 5.32 Å². The summed E-state index contributed by atoms with van der Waals surface area (Å²) in [5.41, 5.74) is 6.96. The number of para-hydroxylation sites is 2. The normalized spacial score (nSPS) is 19.9. The van der Waals surface area contributed by atoms with Gasteiger partial charge in [0.05, 0.1) is 22.6 Å². The molecule has 2 heteroatoms. The summed E-state index contributed by atoms with van der Waals surface area (Å²) >= 11 is 0. The molecule has 34 heavy (non-hydrogen) atoms. The predicted octanol–water partition coefficient (Wildman–Crippen LogP) is 7.30. The highest BCUT2D eigenvalue weighted by atomic mass is 15.2. The van der Waals surface area contributed by atoms with Gasteiger partial charge in [-0.3, -0.25) is 5.32 Å². The Morgan fingerprint density at radius 3 is 1.85 bits per heavy atom. The fourth-order valence-electron chi connectivity index (χ4n) is 5.38. The Morgan fingerprint density at radius 1 is 0.706 bits per heavy atom. The number of nitrogens with one attached hydrogen (secondary N) is 1. The molecule has 1 aliphatic heterocycles. The molecule has 0 saturated carbocycles. The molecule has 2 nitrogen and oxygen atoms in total. The topological polar surface area (TPSA) is 26.9 Å². The van der Waals surface area contributed by atoms with Gasteiger partial charge in [0, 0.05) is 16.5 Å². The van der Waals surface area contributed by atoms with E-state index in [0.717, 1.165) is 11.3 Å². The van der Waals surface area contributed by atoms with E-state index in [4.69, 9.17) is 0 Å². The van der Waals surface area contributed by atoms with E-state index in [1.54, 1.807) is 0 Å². The number of rotatable bonds is 6. The standard InChI is InChI=1S/C32H26N2/c1-3-12-23(4-2)31-32(33-31,24-13-6-5-7-14-24)25-19-21-26(22-20-25)34-29-17-10-8-15-27(29)28-16-9-11-18-30(28)34/h3-22,31,33H,1-2H2/b23-12+. The molecule has 0 spiro atoms. The molecule has 0 aliphatic carbocycles. The van der Waals surface area contributed by atoms with Crippen molar-refractivity contribution in [1.82, 2.24) is 9.88 Å². The molecule has 1 fully saturated rings. The lowest BCUT2D eigenvalue weighted by atomic mass is 9.85. The van der Waals surface area contributed by atoms with Gasteiger partial charge in [0.1, 0.15) is 0 Å². The van der Waals surface area contributed by atoms with Crippen molar-refractivity contribution in [2.75, 3.05) is 0 Å².